The number of para-hydroxylation sites is 1. The Labute approximate surface area is 138 Å². The van der Waals surface area contributed by atoms with Crippen LogP contribution in [0.5, 0.6) is 0 Å². The molecule has 0 spiro atoms. The number of thioether (sulfide) groups is 1. The molecule has 2 aromatic rings. The molecule has 0 aliphatic carbocycles. The van der Waals surface area contributed by atoms with Crippen LogP contribution in [0.4, 0.5) is 5.69 Å². The van der Waals surface area contributed by atoms with Gasteiger partial charge < -0.3 is 5.73 Å². The lowest BCUT2D eigenvalue weighted by Gasteiger charge is -2.15. The molecule has 4 nitrogen and oxygen atoms in total. The van der Waals surface area contributed by atoms with Gasteiger partial charge in [0.05, 0.1) is 5.56 Å². The van der Waals surface area contributed by atoms with Crippen molar-refractivity contribution in [3.8, 4) is 0 Å². The summed E-state index contributed by atoms with van der Waals surface area (Å²) < 4.78 is 0. The van der Waals surface area contributed by atoms with Crippen molar-refractivity contribution in [1.82, 2.24) is 5.32 Å². The molecule has 0 aromatic heterocycles. The topological polar surface area (TPSA) is 72.2 Å². The van der Waals surface area contributed by atoms with E-state index in [9.17, 15) is 9.59 Å². The van der Waals surface area contributed by atoms with Gasteiger partial charge >= 0.3 is 0 Å². The standard InChI is InChI=1S/C16H15ClN2O2S/c1-22-14(10-5-4-6-11(17)9-10)16(21)19-15(20)12-7-2-3-8-13(12)18/h2-9,14H,18H2,1H3,(H,19,20,21). The van der Waals surface area contributed by atoms with Crippen molar-refractivity contribution in [2.24, 2.45) is 0 Å². The lowest BCUT2D eigenvalue weighted by molar-refractivity contribution is -0.119. The number of amides is 2. The van der Waals surface area contributed by atoms with E-state index in [0.717, 1.165) is 5.56 Å². The van der Waals surface area contributed by atoms with Gasteiger partial charge in [-0.25, -0.2) is 0 Å². The third-order valence-electron chi connectivity index (χ3n) is 3.07. The van der Waals surface area contributed by atoms with Gasteiger partial charge in [0.25, 0.3) is 5.91 Å². The van der Waals surface area contributed by atoms with Crippen LogP contribution in [0.3, 0.4) is 0 Å². The van der Waals surface area contributed by atoms with Crippen LogP contribution in [0, 0.1) is 0 Å². The molecule has 0 bridgehead atoms. The second kappa shape index (κ2) is 7.33. The van der Waals surface area contributed by atoms with Crippen LogP contribution < -0.4 is 11.1 Å². The minimum atomic E-state index is -0.521. The largest absolute Gasteiger partial charge is 0.398 e. The number of nitrogens with one attached hydrogen (secondary N) is 1. The lowest BCUT2D eigenvalue weighted by Crippen LogP contribution is -2.34. The van der Waals surface area contributed by atoms with E-state index in [2.05, 4.69) is 5.32 Å². The highest BCUT2D eigenvalue weighted by molar-refractivity contribution is 7.99. The molecule has 0 heterocycles. The summed E-state index contributed by atoms with van der Waals surface area (Å²) in [5, 5.41) is 2.41. The van der Waals surface area contributed by atoms with Gasteiger partial charge in [0.15, 0.2) is 0 Å². The molecule has 0 saturated carbocycles. The number of hydrogen-bond donors (Lipinski definition) is 2. The fraction of sp³-hybridized carbons (Fsp3) is 0.125. The van der Waals surface area contributed by atoms with Gasteiger partial charge in [0, 0.05) is 10.7 Å². The first-order chi connectivity index (χ1) is 10.5. The number of benzene rings is 2. The Bertz CT molecular complexity index is 706. The van der Waals surface area contributed by atoms with E-state index in [4.69, 9.17) is 17.3 Å². The van der Waals surface area contributed by atoms with Crippen molar-refractivity contribution in [2.45, 2.75) is 5.25 Å². The van der Waals surface area contributed by atoms with Crippen molar-refractivity contribution in [1.29, 1.82) is 0 Å². The lowest BCUT2D eigenvalue weighted by atomic mass is 10.1. The van der Waals surface area contributed by atoms with Crippen LogP contribution in [0.1, 0.15) is 21.2 Å². The van der Waals surface area contributed by atoms with Crippen molar-refractivity contribution < 1.29 is 9.59 Å². The molecule has 3 N–H and O–H groups in total. The van der Waals surface area contributed by atoms with E-state index in [-0.39, 0.29) is 5.56 Å². The number of hydrogen-bond acceptors (Lipinski definition) is 4. The second-order valence-corrected chi connectivity index (χ2v) is 5.96. The van der Waals surface area contributed by atoms with Crippen LogP contribution in [-0.2, 0) is 4.79 Å². The average Bonchev–Trinajstić information content (AvgIpc) is 2.48. The van der Waals surface area contributed by atoms with Crippen LogP contribution in [0.2, 0.25) is 5.02 Å². The third kappa shape index (κ3) is 3.81. The molecule has 2 aromatic carbocycles. The summed E-state index contributed by atoms with van der Waals surface area (Å²) in [6, 6.07) is 13.6. The van der Waals surface area contributed by atoms with E-state index in [0.29, 0.717) is 10.7 Å². The van der Waals surface area contributed by atoms with Gasteiger partial charge in [-0.2, -0.15) is 0 Å². The fourth-order valence-electron chi connectivity index (χ4n) is 2.01. The average molecular weight is 335 g/mol. The first-order valence-electron chi connectivity index (χ1n) is 6.51. The second-order valence-electron chi connectivity index (χ2n) is 4.58. The highest BCUT2D eigenvalue weighted by Crippen LogP contribution is 2.28. The number of imide groups is 1. The highest BCUT2D eigenvalue weighted by Gasteiger charge is 2.22. The van der Waals surface area contributed by atoms with E-state index in [1.807, 2.05) is 0 Å². The first kappa shape index (κ1) is 16.4. The zero-order valence-electron chi connectivity index (χ0n) is 11.9. The quantitative estimate of drug-likeness (QED) is 0.842. The molecule has 1 atom stereocenters. The highest BCUT2D eigenvalue weighted by atomic mass is 35.5. The Kier molecular flexibility index (Phi) is 5.46. The van der Waals surface area contributed by atoms with Gasteiger partial charge in [-0.1, -0.05) is 35.9 Å². The Morgan fingerprint density at radius 3 is 2.55 bits per heavy atom. The maximum absolute atomic E-state index is 12.3. The number of nitrogen functional groups attached to an aromatic ring is 1. The predicted molar refractivity (Wildman–Crippen MR) is 91.0 cm³/mol. The third-order valence-corrected chi connectivity index (χ3v) is 4.26. The molecule has 0 radical (unpaired) electrons. The van der Waals surface area contributed by atoms with E-state index in [1.165, 1.54) is 11.8 Å². The zero-order chi connectivity index (χ0) is 16.1. The molecule has 0 saturated heterocycles. The molecule has 0 fully saturated rings. The van der Waals surface area contributed by atoms with Gasteiger partial charge in [-0.05, 0) is 36.1 Å². The summed E-state index contributed by atoms with van der Waals surface area (Å²) in [6.07, 6.45) is 1.80. The number of rotatable bonds is 4. The van der Waals surface area contributed by atoms with Gasteiger partial charge in [0.1, 0.15) is 5.25 Å². The van der Waals surface area contributed by atoms with E-state index >= 15 is 0 Å². The summed E-state index contributed by atoms with van der Waals surface area (Å²) >= 11 is 7.28. The molecule has 114 valence electrons. The number of halogens is 1. The number of carbonyl (C=O) groups excluding carboxylic acids is 2. The zero-order valence-corrected chi connectivity index (χ0v) is 13.4. The molecule has 6 heteroatoms. The van der Waals surface area contributed by atoms with Crippen molar-refractivity contribution in [3.05, 3.63) is 64.7 Å². The SMILES string of the molecule is CSC(C(=O)NC(=O)c1ccccc1N)c1cccc(Cl)c1. The Hall–Kier alpha value is -1.98. The van der Waals surface area contributed by atoms with E-state index < -0.39 is 17.1 Å². The summed E-state index contributed by atoms with van der Waals surface area (Å²) in [5.74, 6) is -0.910. The minimum absolute atomic E-state index is 0.279. The smallest absolute Gasteiger partial charge is 0.259 e. The molecular formula is C16H15ClN2O2S. The normalized spacial score (nSPS) is 11.7. The molecule has 22 heavy (non-hydrogen) atoms. The molecule has 2 rings (SSSR count). The maximum atomic E-state index is 12.3. The molecule has 2 amide bonds. The van der Waals surface area contributed by atoms with Crippen molar-refractivity contribution in [2.75, 3.05) is 12.0 Å². The monoisotopic (exact) mass is 334 g/mol. The van der Waals surface area contributed by atoms with Gasteiger partial charge in [-0.3, -0.25) is 14.9 Å². The summed E-state index contributed by atoms with van der Waals surface area (Å²) in [7, 11) is 0. The fourth-order valence-corrected chi connectivity index (χ4v) is 2.90. The van der Waals surface area contributed by atoms with Crippen molar-refractivity contribution >= 4 is 40.9 Å². The number of carbonyl (C=O) groups is 2. The summed E-state index contributed by atoms with van der Waals surface area (Å²) in [5.41, 5.74) is 7.09. The summed E-state index contributed by atoms with van der Waals surface area (Å²) in [6.45, 7) is 0. The van der Waals surface area contributed by atoms with Crippen LogP contribution in [0.15, 0.2) is 48.5 Å². The summed E-state index contributed by atoms with van der Waals surface area (Å²) in [4.78, 5) is 24.5. The molecule has 0 aliphatic heterocycles. The molecule has 0 aliphatic rings. The Balaban J connectivity index is 2.16. The van der Waals surface area contributed by atoms with Gasteiger partial charge in [0.2, 0.25) is 5.91 Å². The predicted octanol–water partition coefficient (Wildman–Crippen LogP) is 3.28. The molecular weight excluding hydrogens is 320 g/mol. The van der Waals surface area contributed by atoms with Crippen LogP contribution in [0.25, 0.3) is 0 Å². The Morgan fingerprint density at radius 2 is 1.91 bits per heavy atom. The number of nitrogens with two attached hydrogens (primary N) is 1. The van der Waals surface area contributed by atoms with Crippen molar-refractivity contribution in [3.63, 3.8) is 0 Å². The molecule has 1 unspecified atom stereocenters. The van der Waals surface area contributed by atoms with Gasteiger partial charge in [-0.15, -0.1) is 11.8 Å². The van der Waals surface area contributed by atoms with Crippen LogP contribution in [-0.4, -0.2) is 18.1 Å². The first-order valence-corrected chi connectivity index (χ1v) is 8.17. The van der Waals surface area contributed by atoms with E-state index in [1.54, 1.807) is 54.8 Å². The maximum Gasteiger partial charge on any atom is 0.259 e. The minimum Gasteiger partial charge on any atom is -0.398 e. The Morgan fingerprint density at radius 1 is 1.18 bits per heavy atom. The number of anilines is 1. The van der Waals surface area contributed by atoms with Crippen LogP contribution >= 0.6 is 23.4 Å².